The topological polar surface area (TPSA) is 57.4 Å². The van der Waals surface area contributed by atoms with Crippen molar-refractivity contribution in [3.63, 3.8) is 0 Å². The average molecular weight is 244 g/mol. The van der Waals surface area contributed by atoms with Crippen molar-refractivity contribution < 1.29 is 9.47 Å². The van der Waals surface area contributed by atoms with Crippen molar-refractivity contribution in [3.05, 3.63) is 41.7 Å². The van der Waals surface area contributed by atoms with Crippen LogP contribution < -0.4 is 15.2 Å². The van der Waals surface area contributed by atoms with Crippen LogP contribution in [0.5, 0.6) is 17.2 Å². The summed E-state index contributed by atoms with van der Waals surface area (Å²) in [6.45, 7) is 3.85. The fraction of sp³-hybridized carbons (Fsp3) is 0.214. The molecule has 4 nitrogen and oxygen atoms in total. The summed E-state index contributed by atoms with van der Waals surface area (Å²) in [5.41, 5.74) is 8.20. The second kappa shape index (κ2) is 4.96. The van der Waals surface area contributed by atoms with Gasteiger partial charge in [-0.2, -0.15) is 0 Å². The minimum absolute atomic E-state index is 0.600. The Morgan fingerprint density at radius 1 is 1.00 bits per heavy atom. The zero-order valence-electron chi connectivity index (χ0n) is 10.7. The van der Waals surface area contributed by atoms with Crippen LogP contribution in [0.2, 0.25) is 0 Å². The van der Waals surface area contributed by atoms with Crippen LogP contribution in [-0.4, -0.2) is 12.1 Å². The van der Waals surface area contributed by atoms with E-state index in [1.165, 1.54) is 0 Å². The van der Waals surface area contributed by atoms with E-state index in [0.29, 0.717) is 17.2 Å². The van der Waals surface area contributed by atoms with Gasteiger partial charge in [-0.25, -0.2) is 0 Å². The lowest BCUT2D eigenvalue weighted by atomic mass is 10.2. The summed E-state index contributed by atoms with van der Waals surface area (Å²) in [5.74, 6) is 1.97. The molecule has 2 N–H and O–H groups in total. The normalized spacial score (nSPS) is 10.2. The van der Waals surface area contributed by atoms with Crippen molar-refractivity contribution in [3.8, 4) is 17.2 Å². The Balaban J connectivity index is 2.35. The van der Waals surface area contributed by atoms with Crippen molar-refractivity contribution in [2.45, 2.75) is 13.8 Å². The van der Waals surface area contributed by atoms with Crippen LogP contribution in [0, 0.1) is 13.8 Å². The zero-order chi connectivity index (χ0) is 13.1. The molecule has 0 atom stereocenters. The van der Waals surface area contributed by atoms with Gasteiger partial charge in [-0.05, 0) is 26.0 Å². The van der Waals surface area contributed by atoms with Gasteiger partial charge in [-0.15, -0.1) is 0 Å². The van der Waals surface area contributed by atoms with Crippen molar-refractivity contribution in [2.75, 3.05) is 12.8 Å². The maximum atomic E-state index is 5.80. The van der Waals surface area contributed by atoms with E-state index >= 15 is 0 Å². The third-order valence-electron chi connectivity index (χ3n) is 2.47. The first kappa shape index (κ1) is 12.2. The molecule has 0 aliphatic heterocycles. The molecule has 0 unspecified atom stereocenters. The molecule has 1 aromatic heterocycles. The van der Waals surface area contributed by atoms with Gasteiger partial charge in [0.1, 0.15) is 5.75 Å². The molecular formula is C14H16N2O2. The molecule has 94 valence electrons. The zero-order valence-corrected chi connectivity index (χ0v) is 10.7. The number of benzene rings is 1. The molecule has 0 saturated heterocycles. The van der Waals surface area contributed by atoms with E-state index in [9.17, 15) is 0 Å². The van der Waals surface area contributed by atoms with Gasteiger partial charge in [0, 0.05) is 35.3 Å². The fourth-order valence-corrected chi connectivity index (χ4v) is 1.76. The summed E-state index contributed by atoms with van der Waals surface area (Å²) in [6.07, 6.45) is 0. The summed E-state index contributed by atoms with van der Waals surface area (Å²) >= 11 is 0. The molecule has 0 aliphatic rings. The number of nitrogen functional groups attached to an aromatic ring is 1. The summed E-state index contributed by atoms with van der Waals surface area (Å²) < 4.78 is 11.0. The number of nitrogens with two attached hydrogens (primary N) is 1. The Morgan fingerprint density at radius 3 is 2.28 bits per heavy atom. The van der Waals surface area contributed by atoms with Gasteiger partial charge in [0.05, 0.1) is 7.11 Å². The monoisotopic (exact) mass is 244 g/mol. The largest absolute Gasteiger partial charge is 0.493 e. The molecule has 1 aromatic carbocycles. The number of hydrogen-bond donors (Lipinski definition) is 1. The highest BCUT2D eigenvalue weighted by Crippen LogP contribution is 2.33. The van der Waals surface area contributed by atoms with Gasteiger partial charge in [0.15, 0.2) is 11.5 Å². The van der Waals surface area contributed by atoms with Gasteiger partial charge in [0.25, 0.3) is 0 Å². The number of pyridine rings is 1. The smallest absolute Gasteiger partial charge is 0.171 e. The highest BCUT2D eigenvalue weighted by atomic mass is 16.5. The van der Waals surface area contributed by atoms with Crippen LogP contribution in [0.3, 0.4) is 0 Å². The number of aryl methyl sites for hydroxylation is 2. The Hall–Kier alpha value is -2.23. The molecule has 0 spiro atoms. The molecule has 4 heteroatoms. The van der Waals surface area contributed by atoms with Crippen molar-refractivity contribution >= 4 is 5.69 Å². The quantitative estimate of drug-likeness (QED) is 0.843. The van der Waals surface area contributed by atoms with E-state index < -0.39 is 0 Å². The van der Waals surface area contributed by atoms with Crippen LogP contribution in [0.4, 0.5) is 5.69 Å². The number of aromatic nitrogens is 1. The molecule has 0 fully saturated rings. The first-order chi connectivity index (χ1) is 8.58. The number of nitrogens with zero attached hydrogens (tertiary/aromatic N) is 1. The van der Waals surface area contributed by atoms with Crippen LogP contribution in [0.25, 0.3) is 0 Å². The number of anilines is 1. The van der Waals surface area contributed by atoms with Gasteiger partial charge < -0.3 is 15.2 Å². The van der Waals surface area contributed by atoms with Gasteiger partial charge in [-0.1, -0.05) is 0 Å². The fourth-order valence-electron chi connectivity index (χ4n) is 1.76. The standard InChI is InChI=1S/C14H16N2O2/c1-9-6-12(7-10(2)16-9)18-14-8-11(15)4-5-13(14)17-3/h4-8H,15H2,1-3H3. The Bertz CT molecular complexity index is 547. The highest BCUT2D eigenvalue weighted by molar-refractivity contribution is 5.53. The predicted octanol–water partition coefficient (Wildman–Crippen LogP) is 3.08. The second-order valence-electron chi connectivity index (χ2n) is 4.10. The minimum atomic E-state index is 0.600. The molecule has 0 saturated carbocycles. The molecule has 0 amide bonds. The van der Waals surface area contributed by atoms with Crippen molar-refractivity contribution in [2.24, 2.45) is 0 Å². The number of ether oxygens (including phenoxy) is 2. The third-order valence-corrected chi connectivity index (χ3v) is 2.47. The van der Waals surface area contributed by atoms with E-state index in [0.717, 1.165) is 17.1 Å². The molecule has 1 heterocycles. The second-order valence-corrected chi connectivity index (χ2v) is 4.10. The average Bonchev–Trinajstić information content (AvgIpc) is 2.27. The maximum Gasteiger partial charge on any atom is 0.171 e. The van der Waals surface area contributed by atoms with E-state index in [1.54, 1.807) is 25.3 Å². The van der Waals surface area contributed by atoms with E-state index in [-0.39, 0.29) is 0 Å². The summed E-state index contributed by atoms with van der Waals surface area (Å²) in [6, 6.07) is 9.04. The Kier molecular flexibility index (Phi) is 3.37. The first-order valence-corrected chi connectivity index (χ1v) is 5.65. The van der Waals surface area contributed by atoms with Gasteiger partial charge >= 0.3 is 0 Å². The molecule has 18 heavy (non-hydrogen) atoms. The molecule has 0 radical (unpaired) electrons. The number of rotatable bonds is 3. The van der Waals surface area contributed by atoms with E-state index in [2.05, 4.69) is 4.98 Å². The van der Waals surface area contributed by atoms with Gasteiger partial charge in [-0.3, -0.25) is 4.98 Å². The molecular weight excluding hydrogens is 228 g/mol. The van der Waals surface area contributed by atoms with E-state index in [1.807, 2.05) is 26.0 Å². The molecule has 2 aromatic rings. The van der Waals surface area contributed by atoms with E-state index in [4.69, 9.17) is 15.2 Å². The number of hydrogen-bond acceptors (Lipinski definition) is 4. The van der Waals surface area contributed by atoms with Crippen molar-refractivity contribution in [1.29, 1.82) is 0 Å². The summed E-state index contributed by atoms with van der Waals surface area (Å²) in [5, 5.41) is 0. The predicted molar refractivity (Wildman–Crippen MR) is 71.2 cm³/mol. The molecule has 0 aliphatic carbocycles. The minimum Gasteiger partial charge on any atom is -0.493 e. The number of methoxy groups -OCH3 is 1. The maximum absolute atomic E-state index is 5.80. The van der Waals surface area contributed by atoms with Crippen LogP contribution in [0.15, 0.2) is 30.3 Å². The van der Waals surface area contributed by atoms with Crippen LogP contribution >= 0.6 is 0 Å². The lowest BCUT2D eigenvalue weighted by molar-refractivity contribution is 0.378. The lowest BCUT2D eigenvalue weighted by Crippen LogP contribution is -1.94. The summed E-state index contributed by atoms with van der Waals surface area (Å²) in [7, 11) is 1.60. The highest BCUT2D eigenvalue weighted by Gasteiger charge is 2.07. The lowest BCUT2D eigenvalue weighted by Gasteiger charge is -2.11. The summed E-state index contributed by atoms with van der Waals surface area (Å²) in [4.78, 5) is 4.30. The van der Waals surface area contributed by atoms with Gasteiger partial charge in [0.2, 0.25) is 0 Å². The molecule has 0 bridgehead atoms. The first-order valence-electron chi connectivity index (χ1n) is 5.65. The van der Waals surface area contributed by atoms with Crippen LogP contribution in [-0.2, 0) is 0 Å². The van der Waals surface area contributed by atoms with Crippen molar-refractivity contribution in [1.82, 2.24) is 4.98 Å². The van der Waals surface area contributed by atoms with Crippen LogP contribution in [0.1, 0.15) is 11.4 Å². The Morgan fingerprint density at radius 2 is 1.67 bits per heavy atom. The Labute approximate surface area is 106 Å². The SMILES string of the molecule is COc1ccc(N)cc1Oc1cc(C)nc(C)c1. The third kappa shape index (κ3) is 2.71. The molecule has 2 rings (SSSR count).